The number of H-pyrrole nitrogens is 1. The molecule has 0 bridgehead atoms. The van der Waals surface area contributed by atoms with Crippen LogP contribution in [0.5, 0.6) is 11.5 Å². The number of ether oxygens (including phenoxy) is 3. The largest absolute Gasteiger partial charge is 0.497 e. The smallest absolute Gasteiger partial charge is 0.422 e. The molecule has 0 spiro atoms. The number of carbonyl (C=O) groups is 1. The topological polar surface area (TPSA) is 73.4 Å². The van der Waals surface area contributed by atoms with Crippen LogP contribution < -0.4 is 9.47 Å². The first-order valence-corrected chi connectivity index (χ1v) is 9.76. The molecule has 3 rings (SSSR count). The molecule has 1 aromatic carbocycles. The maximum absolute atomic E-state index is 12.9. The van der Waals surface area contributed by atoms with Gasteiger partial charge in [0.05, 0.1) is 24.8 Å². The Morgan fingerprint density at radius 1 is 1.16 bits per heavy atom. The Morgan fingerprint density at radius 2 is 1.84 bits per heavy atom. The lowest BCUT2D eigenvalue weighted by molar-refractivity contribution is -0.153. The normalized spacial score (nSPS) is 11.6. The van der Waals surface area contributed by atoms with Crippen LogP contribution in [-0.2, 0) is 11.2 Å². The number of benzene rings is 1. The minimum absolute atomic E-state index is 0.0661. The van der Waals surface area contributed by atoms with E-state index in [9.17, 15) is 18.0 Å². The summed E-state index contributed by atoms with van der Waals surface area (Å²) >= 11 is 0. The van der Waals surface area contributed by atoms with Gasteiger partial charge in [0.15, 0.2) is 18.1 Å². The molecule has 0 unspecified atom stereocenters. The highest BCUT2D eigenvalue weighted by atomic mass is 19.4. The minimum atomic E-state index is -4.57. The molecule has 0 radical (unpaired) electrons. The van der Waals surface area contributed by atoms with E-state index in [4.69, 9.17) is 14.2 Å². The van der Waals surface area contributed by atoms with Gasteiger partial charge in [0.1, 0.15) is 11.4 Å². The third-order valence-electron chi connectivity index (χ3n) is 4.79. The number of hydrogen-bond acceptors (Lipinski definition) is 5. The van der Waals surface area contributed by atoms with Crippen LogP contribution in [0.4, 0.5) is 13.2 Å². The van der Waals surface area contributed by atoms with Crippen LogP contribution in [0.1, 0.15) is 35.6 Å². The lowest BCUT2D eigenvalue weighted by atomic mass is 9.95. The second-order valence-electron chi connectivity index (χ2n) is 6.82. The molecule has 0 fully saturated rings. The molecule has 0 amide bonds. The molecule has 2 heterocycles. The molecule has 31 heavy (non-hydrogen) atoms. The Balaban J connectivity index is 2.26. The van der Waals surface area contributed by atoms with Gasteiger partial charge in [-0.3, -0.25) is 0 Å². The monoisotopic (exact) mass is 436 g/mol. The Hall–Kier alpha value is -3.23. The number of pyridine rings is 1. The van der Waals surface area contributed by atoms with Crippen LogP contribution >= 0.6 is 0 Å². The Kier molecular flexibility index (Phi) is 6.42. The fourth-order valence-corrected chi connectivity index (χ4v) is 3.48. The maximum atomic E-state index is 12.9. The lowest BCUT2D eigenvalue weighted by Crippen LogP contribution is -2.20. The fraction of sp³-hybridized carbons (Fsp3) is 0.364. The second kappa shape index (κ2) is 8.87. The summed E-state index contributed by atoms with van der Waals surface area (Å²) in [6, 6.07) is 7.28. The quantitative estimate of drug-likeness (QED) is 0.514. The van der Waals surface area contributed by atoms with E-state index in [1.54, 1.807) is 33.1 Å². The van der Waals surface area contributed by atoms with Crippen LogP contribution in [0, 0.1) is 6.92 Å². The summed E-state index contributed by atoms with van der Waals surface area (Å²) in [7, 11) is 1.56. The van der Waals surface area contributed by atoms with Crippen molar-refractivity contribution in [1.29, 1.82) is 0 Å². The van der Waals surface area contributed by atoms with Crippen molar-refractivity contribution < 1.29 is 32.2 Å². The van der Waals surface area contributed by atoms with E-state index in [1.807, 2.05) is 19.1 Å². The van der Waals surface area contributed by atoms with Crippen molar-refractivity contribution in [2.75, 3.05) is 20.3 Å². The molecule has 166 valence electrons. The van der Waals surface area contributed by atoms with Crippen LogP contribution in [0.3, 0.4) is 0 Å². The summed E-state index contributed by atoms with van der Waals surface area (Å²) in [6.07, 6.45) is -4.00. The van der Waals surface area contributed by atoms with Gasteiger partial charge in [-0.25, -0.2) is 9.78 Å². The number of fused-ring (bicyclic) bond motifs is 1. The third kappa shape index (κ3) is 4.60. The average molecular weight is 436 g/mol. The van der Waals surface area contributed by atoms with E-state index in [-0.39, 0.29) is 23.7 Å². The fourth-order valence-electron chi connectivity index (χ4n) is 3.48. The first-order valence-electron chi connectivity index (χ1n) is 9.76. The van der Waals surface area contributed by atoms with E-state index in [0.717, 1.165) is 16.8 Å². The number of hydrogen-bond donors (Lipinski definition) is 1. The number of aromatic nitrogens is 2. The Labute approximate surface area is 177 Å². The first kappa shape index (κ1) is 22.5. The van der Waals surface area contributed by atoms with Gasteiger partial charge >= 0.3 is 12.1 Å². The van der Waals surface area contributed by atoms with E-state index in [2.05, 4.69) is 9.97 Å². The maximum Gasteiger partial charge on any atom is 0.422 e. The van der Waals surface area contributed by atoms with Crippen molar-refractivity contribution in [3.05, 3.63) is 41.2 Å². The Bertz CT molecular complexity index is 1090. The van der Waals surface area contributed by atoms with E-state index in [1.165, 1.54) is 0 Å². The highest BCUT2D eigenvalue weighted by molar-refractivity contribution is 6.03. The van der Waals surface area contributed by atoms with Crippen LogP contribution in [-0.4, -0.2) is 42.4 Å². The zero-order chi connectivity index (χ0) is 22.8. The molecule has 6 nitrogen and oxygen atoms in total. The van der Waals surface area contributed by atoms with Crippen LogP contribution in [0.2, 0.25) is 0 Å². The number of methoxy groups -OCH3 is 1. The lowest BCUT2D eigenvalue weighted by Gasteiger charge is -2.15. The number of halogens is 3. The number of rotatable bonds is 7. The van der Waals surface area contributed by atoms with Crippen molar-refractivity contribution in [3.8, 4) is 22.6 Å². The molecule has 3 aromatic rings. The molecular formula is C22H23F3N2O4. The molecule has 0 aliphatic heterocycles. The van der Waals surface area contributed by atoms with Gasteiger partial charge in [0, 0.05) is 5.56 Å². The van der Waals surface area contributed by atoms with Crippen molar-refractivity contribution >= 4 is 17.0 Å². The van der Waals surface area contributed by atoms with Crippen molar-refractivity contribution in [2.45, 2.75) is 33.4 Å². The minimum Gasteiger partial charge on any atom is -0.497 e. The van der Waals surface area contributed by atoms with Gasteiger partial charge < -0.3 is 19.2 Å². The highest BCUT2D eigenvalue weighted by Gasteiger charge is 2.32. The highest BCUT2D eigenvalue weighted by Crippen LogP contribution is 2.39. The first-order chi connectivity index (χ1) is 14.7. The average Bonchev–Trinajstić information content (AvgIpc) is 3.11. The van der Waals surface area contributed by atoms with Gasteiger partial charge in [-0.2, -0.15) is 13.2 Å². The van der Waals surface area contributed by atoms with Crippen LogP contribution in [0.15, 0.2) is 24.3 Å². The van der Waals surface area contributed by atoms with Crippen molar-refractivity contribution in [3.63, 3.8) is 0 Å². The zero-order valence-corrected chi connectivity index (χ0v) is 17.6. The van der Waals surface area contributed by atoms with Gasteiger partial charge in [-0.15, -0.1) is 0 Å². The predicted molar refractivity (Wildman–Crippen MR) is 110 cm³/mol. The summed E-state index contributed by atoms with van der Waals surface area (Å²) < 4.78 is 53.9. The number of nitrogens with one attached hydrogen (secondary N) is 1. The summed E-state index contributed by atoms with van der Waals surface area (Å²) in [5, 5.41) is 0.315. The number of aromatic amines is 1. The number of aryl methyl sites for hydroxylation is 2. The van der Waals surface area contributed by atoms with Gasteiger partial charge in [0.2, 0.25) is 0 Å². The van der Waals surface area contributed by atoms with Crippen molar-refractivity contribution in [2.24, 2.45) is 0 Å². The molecule has 9 heteroatoms. The molecule has 1 N–H and O–H groups in total. The molecule has 0 saturated carbocycles. The second-order valence-corrected chi connectivity index (χ2v) is 6.82. The van der Waals surface area contributed by atoms with Crippen molar-refractivity contribution in [1.82, 2.24) is 9.97 Å². The molecule has 2 aromatic heterocycles. The molecular weight excluding hydrogens is 413 g/mol. The zero-order valence-electron chi connectivity index (χ0n) is 17.6. The summed E-state index contributed by atoms with van der Waals surface area (Å²) in [4.78, 5) is 19.8. The van der Waals surface area contributed by atoms with Gasteiger partial charge in [-0.05, 0) is 43.5 Å². The third-order valence-corrected chi connectivity index (χ3v) is 4.79. The van der Waals surface area contributed by atoms with E-state index >= 15 is 0 Å². The molecule has 0 atom stereocenters. The predicted octanol–water partition coefficient (Wildman–Crippen LogP) is 5.23. The van der Waals surface area contributed by atoms with Crippen LogP contribution in [0.25, 0.3) is 22.2 Å². The summed E-state index contributed by atoms with van der Waals surface area (Å²) in [5.41, 5.74) is 3.05. The summed E-state index contributed by atoms with van der Waals surface area (Å²) in [6.45, 7) is 3.83. The standard InChI is InChI=1S/C22H23F3N2O4/c1-5-15-16(13-7-9-14(29-4)10-8-13)12(3)17-19(31-11-22(23,24)25)18(21(28)30-6-2)27-20(17)26-15/h7-10H,5-6,11H2,1-4H3,(H,26,27). The molecule has 0 aliphatic rings. The number of nitrogens with zero attached hydrogens (tertiary/aromatic N) is 1. The van der Waals surface area contributed by atoms with Gasteiger partial charge in [0.25, 0.3) is 0 Å². The molecule has 0 aliphatic carbocycles. The number of alkyl halides is 3. The molecule has 0 saturated heterocycles. The van der Waals surface area contributed by atoms with E-state index in [0.29, 0.717) is 23.1 Å². The van der Waals surface area contributed by atoms with E-state index < -0.39 is 18.8 Å². The Morgan fingerprint density at radius 3 is 2.39 bits per heavy atom. The SMILES string of the molecule is CCOC(=O)c1[nH]c2nc(CC)c(-c3ccc(OC)cc3)c(C)c2c1OCC(F)(F)F. The number of esters is 1. The summed E-state index contributed by atoms with van der Waals surface area (Å²) in [5.74, 6) is -0.344. The number of carbonyl (C=O) groups excluding carboxylic acids is 1. The van der Waals surface area contributed by atoms with Gasteiger partial charge in [-0.1, -0.05) is 19.1 Å².